The molecule has 2 aliphatic heterocycles. The van der Waals surface area contributed by atoms with E-state index in [2.05, 4.69) is 16.9 Å². The van der Waals surface area contributed by atoms with Gasteiger partial charge in [-0.05, 0) is 57.7 Å². The fourth-order valence-electron chi connectivity index (χ4n) is 6.33. The highest BCUT2D eigenvalue weighted by Gasteiger charge is 2.55. The SMILES string of the molecule is C=CC[C@H]1C(=O)C2(CCC2)[C@@H](O)CC(=O)N[C@H](c2ccc3sc(C)nc3c2)C[C@@H]2O[C@]2(C)CCO[C@H](C)[C@H]1O. The number of thiazole rings is 1. The number of aliphatic hydroxyl groups excluding tert-OH is 2. The fraction of sp³-hybridized carbons (Fsp3) is 0.633. The minimum Gasteiger partial charge on any atom is -0.392 e. The minimum absolute atomic E-state index is 0.0783. The van der Waals surface area contributed by atoms with Gasteiger partial charge in [-0.15, -0.1) is 17.9 Å². The summed E-state index contributed by atoms with van der Waals surface area (Å²) in [5, 5.41) is 26.6. The Labute approximate surface area is 233 Å². The number of aromatic nitrogens is 1. The summed E-state index contributed by atoms with van der Waals surface area (Å²) in [5.74, 6) is -1.28. The van der Waals surface area contributed by atoms with E-state index < -0.39 is 35.2 Å². The molecule has 1 aromatic carbocycles. The van der Waals surface area contributed by atoms with E-state index in [0.29, 0.717) is 32.3 Å². The van der Waals surface area contributed by atoms with Crippen LogP contribution in [0, 0.1) is 18.3 Å². The molecule has 3 N–H and O–H groups in total. The molecule has 0 bridgehead atoms. The molecule has 9 heteroatoms. The van der Waals surface area contributed by atoms with Crippen molar-refractivity contribution in [2.75, 3.05) is 6.61 Å². The fourth-order valence-corrected chi connectivity index (χ4v) is 7.13. The average molecular weight is 557 g/mol. The van der Waals surface area contributed by atoms with Crippen LogP contribution in [-0.4, -0.2) is 63.5 Å². The van der Waals surface area contributed by atoms with Crippen LogP contribution in [0.25, 0.3) is 10.2 Å². The Balaban J connectivity index is 1.44. The summed E-state index contributed by atoms with van der Waals surface area (Å²) in [6, 6.07) is 5.73. The number of epoxide rings is 1. The number of nitrogens with one attached hydrogen (secondary N) is 1. The van der Waals surface area contributed by atoms with Crippen LogP contribution in [0.1, 0.15) is 75.4 Å². The van der Waals surface area contributed by atoms with Crippen LogP contribution in [0.5, 0.6) is 0 Å². The van der Waals surface area contributed by atoms with Crippen molar-refractivity contribution in [2.24, 2.45) is 11.3 Å². The number of carbonyl (C=O) groups excluding carboxylic acids is 2. The quantitative estimate of drug-likeness (QED) is 0.383. The lowest BCUT2D eigenvalue weighted by atomic mass is 9.58. The number of Topliss-reactive ketones (excluding diaryl/α,β-unsaturated/α-hetero) is 1. The molecule has 0 radical (unpaired) electrons. The molecule has 2 saturated heterocycles. The van der Waals surface area contributed by atoms with E-state index in [1.807, 2.05) is 32.0 Å². The summed E-state index contributed by atoms with van der Waals surface area (Å²) in [7, 11) is 0. The minimum atomic E-state index is -1.14. The molecule has 3 heterocycles. The molecule has 3 fully saturated rings. The molecule has 212 valence electrons. The lowest BCUT2D eigenvalue weighted by Crippen LogP contribution is -2.54. The normalized spacial score (nSPS) is 35.7. The summed E-state index contributed by atoms with van der Waals surface area (Å²) in [6.07, 6.45) is 1.84. The van der Waals surface area contributed by atoms with E-state index in [-0.39, 0.29) is 36.7 Å². The van der Waals surface area contributed by atoms with Gasteiger partial charge in [-0.25, -0.2) is 4.98 Å². The Kier molecular flexibility index (Phi) is 8.01. The number of aryl methyl sites for hydroxylation is 1. The second-order valence-corrected chi connectivity index (χ2v) is 13.0. The molecule has 1 saturated carbocycles. The number of ketones is 1. The molecule has 5 rings (SSSR count). The first-order valence-electron chi connectivity index (χ1n) is 14.0. The first-order valence-corrected chi connectivity index (χ1v) is 14.8. The zero-order chi connectivity index (χ0) is 27.9. The number of rotatable bonds is 3. The van der Waals surface area contributed by atoms with Gasteiger partial charge >= 0.3 is 0 Å². The topological polar surface area (TPSA) is 121 Å². The van der Waals surface area contributed by atoms with Crippen LogP contribution in [0.3, 0.4) is 0 Å². The Morgan fingerprint density at radius 1 is 1.26 bits per heavy atom. The van der Waals surface area contributed by atoms with Gasteiger partial charge in [0, 0.05) is 19.4 Å². The van der Waals surface area contributed by atoms with Crippen molar-refractivity contribution < 1.29 is 29.3 Å². The molecule has 1 spiro atoms. The number of ether oxygens (including phenoxy) is 2. The van der Waals surface area contributed by atoms with Gasteiger partial charge in [-0.1, -0.05) is 18.6 Å². The lowest BCUT2D eigenvalue weighted by molar-refractivity contribution is -0.158. The number of fused-ring (bicyclic) bond motifs is 2. The van der Waals surface area contributed by atoms with Gasteiger partial charge in [0.15, 0.2) is 0 Å². The maximum Gasteiger partial charge on any atom is 0.223 e. The van der Waals surface area contributed by atoms with Crippen molar-refractivity contribution in [1.29, 1.82) is 0 Å². The largest absolute Gasteiger partial charge is 0.392 e. The van der Waals surface area contributed by atoms with Crippen molar-refractivity contribution in [2.45, 2.75) is 102 Å². The van der Waals surface area contributed by atoms with Crippen LogP contribution in [0.4, 0.5) is 0 Å². The molecule has 1 aromatic heterocycles. The number of carbonyl (C=O) groups is 2. The van der Waals surface area contributed by atoms with E-state index in [4.69, 9.17) is 9.47 Å². The van der Waals surface area contributed by atoms with Gasteiger partial charge < -0.3 is 25.0 Å². The highest BCUT2D eigenvalue weighted by molar-refractivity contribution is 7.18. The molecule has 2 aromatic rings. The van der Waals surface area contributed by atoms with Gasteiger partial charge in [0.05, 0.1) is 69.0 Å². The lowest BCUT2D eigenvalue weighted by Gasteiger charge is -2.46. The molecule has 0 unspecified atom stereocenters. The van der Waals surface area contributed by atoms with Crippen molar-refractivity contribution in [3.8, 4) is 0 Å². The average Bonchev–Trinajstić information content (AvgIpc) is 3.32. The molecular formula is C30H40N2O6S. The number of allylic oxidation sites excluding steroid dienone is 1. The molecule has 8 nitrogen and oxygen atoms in total. The Morgan fingerprint density at radius 3 is 2.72 bits per heavy atom. The molecular weight excluding hydrogens is 516 g/mol. The standard InChI is InChI=1S/C30H40N2O6S/c1-5-7-20-27(35)17(2)37-13-12-29(4)25(38-29)15-21(19-8-9-23-22(14-19)31-18(3)39-23)32-26(34)16-24(33)30(28(20)36)10-6-11-30/h5,8-9,14,17,20-21,24-25,27,33,35H,1,6-7,10-13,15-16H2,2-4H3,(H,32,34)/t17-,20-,21+,24+,25+,27-,29-/m1/s1. The zero-order valence-corrected chi connectivity index (χ0v) is 23.8. The third-order valence-corrected chi connectivity index (χ3v) is 10.1. The Hall–Kier alpha value is -2.17. The van der Waals surface area contributed by atoms with E-state index in [0.717, 1.165) is 27.2 Å². The third-order valence-electron chi connectivity index (χ3n) is 9.12. The number of hydrogen-bond donors (Lipinski definition) is 3. The summed E-state index contributed by atoms with van der Waals surface area (Å²) in [4.78, 5) is 31.8. The second kappa shape index (κ2) is 11.0. The van der Waals surface area contributed by atoms with E-state index in [1.54, 1.807) is 24.3 Å². The van der Waals surface area contributed by atoms with E-state index in [1.165, 1.54) is 0 Å². The summed E-state index contributed by atoms with van der Waals surface area (Å²) < 4.78 is 13.2. The first kappa shape index (κ1) is 28.4. The van der Waals surface area contributed by atoms with Crippen molar-refractivity contribution >= 4 is 33.2 Å². The second-order valence-electron chi connectivity index (χ2n) is 11.8. The van der Waals surface area contributed by atoms with Gasteiger partial charge in [0.25, 0.3) is 0 Å². The van der Waals surface area contributed by atoms with Gasteiger partial charge in [0.1, 0.15) is 5.78 Å². The smallest absolute Gasteiger partial charge is 0.223 e. The molecule has 1 amide bonds. The van der Waals surface area contributed by atoms with Gasteiger partial charge in [-0.3, -0.25) is 9.59 Å². The maximum absolute atomic E-state index is 13.8. The monoisotopic (exact) mass is 556 g/mol. The molecule has 39 heavy (non-hydrogen) atoms. The van der Waals surface area contributed by atoms with Crippen molar-refractivity contribution in [3.05, 3.63) is 41.4 Å². The molecule has 7 atom stereocenters. The van der Waals surface area contributed by atoms with Crippen LogP contribution < -0.4 is 5.32 Å². The number of amides is 1. The number of aliphatic hydroxyl groups is 2. The first-order chi connectivity index (χ1) is 18.6. The van der Waals surface area contributed by atoms with Crippen molar-refractivity contribution in [3.63, 3.8) is 0 Å². The van der Waals surface area contributed by atoms with Crippen LogP contribution >= 0.6 is 11.3 Å². The third kappa shape index (κ3) is 5.57. The van der Waals surface area contributed by atoms with Crippen molar-refractivity contribution in [1.82, 2.24) is 10.3 Å². The summed E-state index contributed by atoms with van der Waals surface area (Å²) in [5.41, 5.74) is 0.373. The Bertz CT molecular complexity index is 1240. The number of benzene rings is 1. The molecule has 3 aliphatic rings. The highest BCUT2D eigenvalue weighted by Crippen LogP contribution is 2.49. The Morgan fingerprint density at radius 2 is 2.03 bits per heavy atom. The number of nitrogens with zero attached hydrogens (tertiary/aromatic N) is 1. The van der Waals surface area contributed by atoms with Gasteiger partial charge in [-0.2, -0.15) is 0 Å². The maximum atomic E-state index is 13.8. The van der Waals surface area contributed by atoms with Gasteiger partial charge in [0.2, 0.25) is 5.91 Å². The predicted molar refractivity (Wildman–Crippen MR) is 149 cm³/mol. The summed E-state index contributed by atoms with van der Waals surface area (Å²) >= 11 is 1.63. The van der Waals surface area contributed by atoms with Crippen LogP contribution in [0.2, 0.25) is 0 Å². The summed E-state index contributed by atoms with van der Waals surface area (Å²) in [6.45, 7) is 9.93. The number of hydrogen-bond acceptors (Lipinski definition) is 8. The zero-order valence-electron chi connectivity index (χ0n) is 23.0. The van der Waals surface area contributed by atoms with E-state index >= 15 is 0 Å². The highest BCUT2D eigenvalue weighted by atomic mass is 32.1. The van der Waals surface area contributed by atoms with E-state index in [9.17, 15) is 19.8 Å². The van der Waals surface area contributed by atoms with Crippen LogP contribution in [-0.2, 0) is 19.1 Å². The molecule has 1 aliphatic carbocycles. The predicted octanol–water partition coefficient (Wildman–Crippen LogP) is 4.16. The van der Waals surface area contributed by atoms with Crippen LogP contribution in [0.15, 0.2) is 30.9 Å².